The van der Waals surface area contributed by atoms with Crippen LogP contribution in [0.25, 0.3) is 16.3 Å². The molecule has 0 heterocycles. The van der Waals surface area contributed by atoms with Gasteiger partial charge in [-0.05, 0) is 40.6 Å². The van der Waals surface area contributed by atoms with E-state index in [0.717, 1.165) is 22.9 Å². The summed E-state index contributed by atoms with van der Waals surface area (Å²) < 4.78 is 43.8. The maximum absolute atomic E-state index is 12.8. The van der Waals surface area contributed by atoms with Crippen molar-refractivity contribution in [3.05, 3.63) is 89.2 Å². The van der Waals surface area contributed by atoms with Crippen LogP contribution in [0.1, 0.15) is 34.3 Å². The number of esters is 1. The molecule has 0 fully saturated rings. The summed E-state index contributed by atoms with van der Waals surface area (Å²) in [5.41, 5.74) is -0.000928. The number of carbonyl (C=O) groups excluding carboxylic acids is 2. The first-order chi connectivity index (χ1) is 13.8. The number of rotatable bonds is 3. The number of carbonyl (C=O) groups is 2. The van der Waals surface area contributed by atoms with E-state index in [0.29, 0.717) is 11.1 Å². The lowest BCUT2D eigenvalue weighted by molar-refractivity contribution is -0.137. The molecule has 0 bridgehead atoms. The van der Waals surface area contributed by atoms with Crippen LogP contribution >= 0.6 is 0 Å². The fourth-order valence-corrected chi connectivity index (χ4v) is 3.37. The van der Waals surface area contributed by atoms with Crippen molar-refractivity contribution in [1.29, 1.82) is 0 Å². The molecule has 0 unspecified atom stereocenters. The van der Waals surface area contributed by atoms with Crippen LogP contribution < -0.4 is 0 Å². The number of ketones is 1. The number of halogens is 3. The predicted octanol–water partition coefficient (Wildman–Crippen LogP) is 5.79. The Morgan fingerprint density at radius 3 is 2.24 bits per heavy atom. The molecule has 29 heavy (non-hydrogen) atoms. The number of alkyl halides is 3. The standard InChI is InChI=1S/C23H15F3O3/c24-23(25,26)18-9-7-15(8-10-18)21-19(27)11-12-20(21)29-22(28)17-6-5-14-3-1-2-4-16(14)13-17/h1-10,13H,11-12H2. The summed E-state index contributed by atoms with van der Waals surface area (Å²) in [7, 11) is 0. The molecule has 0 N–H and O–H groups in total. The van der Waals surface area contributed by atoms with Crippen LogP contribution in [0.5, 0.6) is 0 Å². The van der Waals surface area contributed by atoms with Crippen LogP contribution in [0.2, 0.25) is 0 Å². The van der Waals surface area contributed by atoms with Gasteiger partial charge < -0.3 is 4.74 Å². The van der Waals surface area contributed by atoms with Crippen molar-refractivity contribution in [1.82, 2.24) is 0 Å². The lowest BCUT2D eigenvalue weighted by atomic mass is 10.0. The Hall–Kier alpha value is -3.41. The van der Waals surface area contributed by atoms with E-state index in [2.05, 4.69) is 0 Å². The first-order valence-electron chi connectivity index (χ1n) is 8.98. The van der Waals surface area contributed by atoms with Gasteiger partial charge in [-0.15, -0.1) is 0 Å². The molecule has 146 valence electrons. The van der Waals surface area contributed by atoms with E-state index in [9.17, 15) is 22.8 Å². The summed E-state index contributed by atoms with van der Waals surface area (Å²) >= 11 is 0. The minimum absolute atomic E-state index is 0.149. The van der Waals surface area contributed by atoms with Gasteiger partial charge in [-0.1, -0.05) is 42.5 Å². The van der Waals surface area contributed by atoms with Crippen LogP contribution in [0.3, 0.4) is 0 Å². The smallest absolute Gasteiger partial charge is 0.416 e. The zero-order valence-electron chi connectivity index (χ0n) is 15.1. The number of allylic oxidation sites excluding steroid dienone is 2. The first-order valence-corrected chi connectivity index (χ1v) is 8.98. The molecule has 0 radical (unpaired) electrons. The Morgan fingerprint density at radius 2 is 1.55 bits per heavy atom. The summed E-state index contributed by atoms with van der Waals surface area (Å²) in [5.74, 6) is -0.677. The van der Waals surface area contributed by atoms with Crippen molar-refractivity contribution in [3.63, 3.8) is 0 Å². The Kier molecular flexibility index (Phi) is 4.70. The zero-order chi connectivity index (χ0) is 20.6. The zero-order valence-corrected chi connectivity index (χ0v) is 15.1. The number of benzene rings is 3. The third kappa shape index (κ3) is 3.78. The van der Waals surface area contributed by atoms with Gasteiger partial charge >= 0.3 is 12.1 Å². The van der Waals surface area contributed by atoms with E-state index in [4.69, 9.17) is 4.74 Å². The fourth-order valence-electron chi connectivity index (χ4n) is 3.37. The SMILES string of the molecule is O=C1CCC(OC(=O)c2ccc3ccccc3c2)=C1c1ccc(C(F)(F)F)cc1. The Labute approximate surface area is 164 Å². The topological polar surface area (TPSA) is 43.4 Å². The summed E-state index contributed by atoms with van der Waals surface area (Å²) in [5, 5.41) is 1.85. The Bertz CT molecular complexity index is 1140. The van der Waals surface area contributed by atoms with Crippen molar-refractivity contribution in [3.8, 4) is 0 Å². The molecule has 1 aliphatic rings. The van der Waals surface area contributed by atoms with Gasteiger partial charge in [0.05, 0.1) is 16.7 Å². The summed E-state index contributed by atoms with van der Waals surface area (Å²) in [6, 6.07) is 17.0. The summed E-state index contributed by atoms with van der Waals surface area (Å²) in [6.45, 7) is 0. The normalized spacial score (nSPS) is 14.5. The highest BCUT2D eigenvalue weighted by Gasteiger charge is 2.32. The molecular weight excluding hydrogens is 381 g/mol. The lowest BCUT2D eigenvalue weighted by Gasteiger charge is -2.10. The summed E-state index contributed by atoms with van der Waals surface area (Å²) in [6.07, 6.45) is -4.08. The van der Waals surface area contributed by atoms with Gasteiger partial charge in [0.1, 0.15) is 5.76 Å². The molecular formula is C23H15F3O3. The molecule has 0 saturated carbocycles. The molecule has 1 aliphatic carbocycles. The third-order valence-electron chi connectivity index (χ3n) is 4.84. The Balaban J connectivity index is 1.63. The molecule has 4 rings (SSSR count). The second-order valence-electron chi connectivity index (χ2n) is 6.75. The highest BCUT2D eigenvalue weighted by atomic mass is 19.4. The molecule has 0 atom stereocenters. The maximum atomic E-state index is 12.8. The molecule has 3 nitrogen and oxygen atoms in total. The third-order valence-corrected chi connectivity index (χ3v) is 4.84. The minimum atomic E-state index is -4.46. The first kappa shape index (κ1) is 18.9. The van der Waals surface area contributed by atoms with E-state index < -0.39 is 17.7 Å². The van der Waals surface area contributed by atoms with E-state index in [-0.39, 0.29) is 30.0 Å². The minimum Gasteiger partial charge on any atom is -0.427 e. The number of ether oxygens (including phenoxy) is 1. The second-order valence-corrected chi connectivity index (χ2v) is 6.75. The van der Waals surface area contributed by atoms with E-state index >= 15 is 0 Å². The average Bonchev–Trinajstić information content (AvgIpc) is 3.07. The van der Waals surface area contributed by atoms with Gasteiger partial charge in [-0.25, -0.2) is 4.79 Å². The molecule has 0 aromatic heterocycles. The number of hydrogen-bond donors (Lipinski definition) is 0. The lowest BCUT2D eigenvalue weighted by Crippen LogP contribution is -2.07. The maximum Gasteiger partial charge on any atom is 0.416 e. The van der Waals surface area contributed by atoms with Crippen molar-refractivity contribution < 1.29 is 27.5 Å². The van der Waals surface area contributed by atoms with Gasteiger partial charge in [0.25, 0.3) is 0 Å². The Morgan fingerprint density at radius 1 is 0.862 bits per heavy atom. The van der Waals surface area contributed by atoms with Crippen molar-refractivity contribution in [2.24, 2.45) is 0 Å². The highest BCUT2D eigenvalue weighted by molar-refractivity contribution is 6.23. The van der Waals surface area contributed by atoms with E-state index in [1.807, 2.05) is 24.3 Å². The van der Waals surface area contributed by atoms with Crippen LogP contribution in [0.15, 0.2) is 72.5 Å². The summed E-state index contributed by atoms with van der Waals surface area (Å²) in [4.78, 5) is 24.9. The molecule has 3 aromatic carbocycles. The van der Waals surface area contributed by atoms with Crippen molar-refractivity contribution >= 4 is 28.1 Å². The molecule has 0 amide bonds. The van der Waals surface area contributed by atoms with Crippen LogP contribution in [0, 0.1) is 0 Å². The quantitative estimate of drug-likeness (QED) is 0.527. The molecule has 3 aromatic rings. The fraction of sp³-hybridized carbons (Fsp3) is 0.130. The van der Waals surface area contributed by atoms with Crippen molar-refractivity contribution in [2.75, 3.05) is 0 Å². The number of fused-ring (bicyclic) bond motifs is 1. The van der Waals surface area contributed by atoms with Gasteiger partial charge in [0.2, 0.25) is 0 Å². The van der Waals surface area contributed by atoms with Gasteiger partial charge in [0.15, 0.2) is 5.78 Å². The van der Waals surface area contributed by atoms with Gasteiger partial charge in [-0.3, -0.25) is 4.79 Å². The second kappa shape index (κ2) is 7.20. The van der Waals surface area contributed by atoms with Crippen molar-refractivity contribution in [2.45, 2.75) is 19.0 Å². The molecule has 0 spiro atoms. The van der Waals surface area contributed by atoms with Crippen LogP contribution in [-0.4, -0.2) is 11.8 Å². The monoisotopic (exact) mass is 396 g/mol. The number of hydrogen-bond acceptors (Lipinski definition) is 3. The largest absolute Gasteiger partial charge is 0.427 e. The molecule has 0 saturated heterocycles. The van der Waals surface area contributed by atoms with Gasteiger partial charge in [0, 0.05) is 12.8 Å². The van der Waals surface area contributed by atoms with E-state index in [1.165, 1.54) is 12.1 Å². The number of Topliss-reactive ketones (excluding diaryl/α,β-unsaturated/α-hetero) is 1. The van der Waals surface area contributed by atoms with E-state index in [1.54, 1.807) is 18.2 Å². The predicted molar refractivity (Wildman–Crippen MR) is 102 cm³/mol. The molecule has 6 heteroatoms. The molecule has 0 aliphatic heterocycles. The van der Waals surface area contributed by atoms with Crippen LogP contribution in [0.4, 0.5) is 13.2 Å². The average molecular weight is 396 g/mol. The highest BCUT2D eigenvalue weighted by Crippen LogP contribution is 2.35. The van der Waals surface area contributed by atoms with Crippen LogP contribution in [-0.2, 0) is 15.7 Å². The van der Waals surface area contributed by atoms with Gasteiger partial charge in [-0.2, -0.15) is 13.2 Å².